The number of hydrogen-bond acceptors (Lipinski definition) is 1. The zero-order valence-corrected chi connectivity index (χ0v) is 14.3. The highest BCUT2D eigenvalue weighted by molar-refractivity contribution is 5.72. The van der Waals surface area contributed by atoms with Crippen LogP contribution < -0.4 is 0 Å². The van der Waals surface area contributed by atoms with Gasteiger partial charge in [-0.05, 0) is 31.2 Å². The van der Waals surface area contributed by atoms with Crippen molar-refractivity contribution in [2.75, 3.05) is 13.6 Å². The minimum atomic E-state index is 0.125. The van der Waals surface area contributed by atoms with Gasteiger partial charge in [0.1, 0.15) is 0 Å². The number of nitrogens with zero attached hydrogens (tertiary/aromatic N) is 1. The number of likely N-dealkylation sites (N-methyl/N-ethyl adjacent to an activating group) is 1. The number of rotatable bonds is 11. The molecule has 0 bridgehead atoms. The Bertz CT molecular complexity index is 425. The molecular weight excluding hydrogens is 270 g/mol. The summed E-state index contributed by atoms with van der Waals surface area (Å²) in [5.74, 6) is 0.125. The van der Waals surface area contributed by atoms with Crippen molar-refractivity contribution in [3.05, 3.63) is 48.0 Å². The first-order chi connectivity index (χ1) is 10.7. The summed E-state index contributed by atoms with van der Waals surface area (Å²) in [7, 11) is 1.84. The van der Waals surface area contributed by atoms with Crippen molar-refractivity contribution < 1.29 is 4.79 Å². The molecule has 1 aromatic rings. The van der Waals surface area contributed by atoms with E-state index < -0.39 is 0 Å². The predicted molar refractivity (Wildman–Crippen MR) is 94.9 cm³/mol. The van der Waals surface area contributed by atoms with Gasteiger partial charge < -0.3 is 4.90 Å². The average Bonchev–Trinajstić information content (AvgIpc) is 2.53. The minimum absolute atomic E-state index is 0.125. The molecule has 1 rings (SSSR count). The molecule has 122 valence electrons. The second kappa shape index (κ2) is 12.0. The van der Waals surface area contributed by atoms with Gasteiger partial charge in [-0.25, -0.2) is 0 Å². The van der Waals surface area contributed by atoms with E-state index in [-0.39, 0.29) is 5.91 Å². The summed E-state index contributed by atoms with van der Waals surface area (Å²) in [6.07, 6.45) is 14.6. The zero-order chi connectivity index (χ0) is 16.0. The Kier molecular flexibility index (Phi) is 10.1. The van der Waals surface area contributed by atoms with Crippen molar-refractivity contribution in [1.82, 2.24) is 4.90 Å². The Balaban J connectivity index is 1.87. The summed E-state index contributed by atoms with van der Waals surface area (Å²) in [6, 6.07) is 10.8. The number of benzene rings is 1. The second-order valence-corrected chi connectivity index (χ2v) is 6.02. The van der Waals surface area contributed by atoms with E-state index in [1.807, 2.05) is 7.05 Å². The SMILES string of the molecule is CC(=O)N(C)CC=CCCCCCCCCc1ccccc1. The summed E-state index contributed by atoms with van der Waals surface area (Å²) in [6.45, 7) is 2.33. The fourth-order valence-corrected chi connectivity index (χ4v) is 2.42. The number of aryl methyl sites for hydroxylation is 1. The lowest BCUT2D eigenvalue weighted by Gasteiger charge is -2.10. The molecule has 22 heavy (non-hydrogen) atoms. The van der Waals surface area contributed by atoms with Crippen molar-refractivity contribution in [3.8, 4) is 0 Å². The zero-order valence-electron chi connectivity index (χ0n) is 14.3. The molecule has 0 aromatic heterocycles. The third-order valence-corrected chi connectivity index (χ3v) is 4.01. The molecular formula is C20H31NO. The van der Waals surface area contributed by atoms with Gasteiger partial charge in [0.2, 0.25) is 5.91 Å². The molecule has 0 unspecified atom stereocenters. The average molecular weight is 301 g/mol. The molecule has 1 aromatic carbocycles. The topological polar surface area (TPSA) is 20.3 Å². The van der Waals surface area contributed by atoms with Crippen molar-refractivity contribution in [3.63, 3.8) is 0 Å². The lowest BCUT2D eigenvalue weighted by atomic mass is 10.0. The standard InChI is InChI=1S/C20H31NO/c1-19(22)21(2)18-14-9-7-5-3-4-6-8-11-15-20-16-12-10-13-17-20/h9-10,12-14,16-17H,3-8,11,15,18H2,1-2H3. The van der Waals surface area contributed by atoms with E-state index in [4.69, 9.17) is 0 Å². The number of carbonyl (C=O) groups is 1. The molecule has 2 nitrogen and oxygen atoms in total. The van der Waals surface area contributed by atoms with Crippen molar-refractivity contribution in [2.45, 2.75) is 58.3 Å². The van der Waals surface area contributed by atoms with Crippen LogP contribution >= 0.6 is 0 Å². The number of carbonyl (C=O) groups excluding carboxylic acids is 1. The smallest absolute Gasteiger partial charge is 0.219 e. The van der Waals surface area contributed by atoms with E-state index in [1.54, 1.807) is 11.8 Å². The van der Waals surface area contributed by atoms with Crippen LogP contribution in [0.15, 0.2) is 42.5 Å². The normalized spacial score (nSPS) is 11.0. The number of allylic oxidation sites excluding steroid dienone is 1. The Morgan fingerprint density at radius 2 is 1.59 bits per heavy atom. The number of unbranched alkanes of at least 4 members (excludes halogenated alkanes) is 6. The highest BCUT2D eigenvalue weighted by atomic mass is 16.2. The molecule has 0 aliphatic heterocycles. The number of amides is 1. The van der Waals surface area contributed by atoms with Gasteiger partial charge in [-0.15, -0.1) is 0 Å². The van der Waals surface area contributed by atoms with E-state index in [2.05, 4.69) is 42.5 Å². The third-order valence-electron chi connectivity index (χ3n) is 4.01. The van der Waals surface area contributed by atoms with Crippen LogP contribution in [0, 0.1) is 0 Å². The molecule has 2 heteroatoms. The summed E-state index contributed by atoms with van der Waals surface area (Å²) >= 11 is 0. The van der Waals surface area contributed by atoms with Crippen LogP contribution in [0.4, 0.5) is 0 Å². The maximum absolute atomic E-state index is 11.0. The fourth-order valence-electron chi connectivity index (χ4n) is 2.42. The first kappa shape index (κ1) is 18.5. The van der Waals surface area contributed by atoms with Gasteiger partial charge in [-0.1, -0.05) is 68.2 Å². The monoisotopic (exact) mass is 301 g/mol. The highest BCUT2D eigenvalue weighted by Gasteiger charge is 1.97. The summed E-state index contributed by atoms with van der Waals surface area (Å²) in [4.78, 5) is 12.7. The predicted octanol–water partition coefficient (Wildman–Crippen LogP) is 4.99. The van der Waals surface area contributed by atoms with Crippen LogP contribution in [0.25, 0.3) is 0 Å². The largest absolute Gasteiger partial charge is 0.342 e. The Morgan fingerprint density at radius 1 is 0.955 bits per heavy atom. The van der Waals surface area contributed by atoms with Crippen LogP contribution in [0.5, 0.6) is 0 Å². The van der Waals surface area contributed by atoms with Gasteiger partial charge >= 0.3 is 0 Å². The second-order valence-electron chi connectivity index (χ2n) is 6.02. The van der Waals surface area contributed by atoms with Gasteiger partial charge in [-0.2, -0.15) is 0 Å². The number of hydrogen-bond donors (Lipinski definition) is 0. The molecule has 0 N–H and O–H groups in total. The highest BCUT2D eigenvalue weighted by Crippen LogP contribution is 2.10. The van der Waals surface area contributed by atoms with Crippen LogP contribution in [0.3, 0.4) is 0 Å². The summed E-state index contributed by atoms with van der Waals surface area (Å²) < 4.78 is 0. The van der Waals surface area contributed by atoms with E-state index >= 15 is 0 Å². The van der Waals surface area contributed by atoms with Crippen LogP contribution in [0.1, 0.15) is 57.4 Å². The van der Waals surface area contributed by atoms with E-state index in [9.17, 15) is 4.79 Å². The van der Waals surface area contributed by atoms with Gasteiger partial charge in [0.25, 0.3) is 0 Å². The van der Waals surface area contributed by atoms with Crippen LogP contribution in [0.2, 0.25) is 0 Å². The molecule has 0 saturated carbocycles. The van der Waals surface area contributed by atoms with Gasteiger partial charge in [0.15, 0.2) is 0 Å². The van der Waals surface area contributed by atoms with Crippen molar-refractivity contribution >= 4 is 5.91 Å². The lowest BCUT2D eigenvalue weighted by Crippen LogP contribution is -2.23. The summed E-state index contributed by atoms with van der Waals surface area (Å²) in [5.41, 5.74) is 1.46. The molecule has 0 aliphatic rings. The summed E-state index contributed by atoms with van der Waals surface area (Å²) in [5, 5.41) is 0. The first-order valence-electron chi connectivity index (χ1n) is 8.61. The van der Waals surface area contributed by atoms with Gasteiger partial charge in [-0.3, -0.25) is 4.79 Å². The lowest BCUT2D eigenvalue weighted by molar-refractivity contribution is -0.127. The molecule has 0 saturated heterocycles. The molecule has 0 aliphatic carbocycles. The van der Waals surface area contributed by atoms with Gasteiger partial charge in [0, 0.05) is 20.5 Å². The van der Waals surface area contributed by atoms with E-state index in [0.29, 0.717) is 0 Å². The van der Waals surface area contributed by atoms with Crippen LogP contribution in [-0.2, 0) is 11.2 Å². The maximum atomic E-state index is 11.0. The Morgan fingerprint density at radius 3 is 2.27 bits per heavy atom. The molecule has 0 fully saturated rings. The quantitative estimate of drug-likeness (QED) is 0.416. The van der Waals surface area contributed by atoms with E-state index in [1.165, 1.54) is 50.5 Å². The fraction of sp³-hybridized carbons (Fsp3) is 0.550. The van der Waals surface area contributed by atoms with E-state index in [0.717, 1.165) is 13.0 Å². The Labute approximate surface area is 136 Å². The van der Waals surface area contributed by atoms with Crippen LogP contribution in [-0.4, -0.2) is 24.4 Å². The molecule has 1 amide bonds. The van der Waals surface area contributed by atoms with Crippen molar-refractivity contribution in [1.29, 1.82) is 0 Å². The minimum Gasteiger partial charge on any atom is -0.342 e. The molecule has 0 radical (unpaired) electrons. The van der Waals surface area contributed by atoms with Gasteiger partial charge in [0.05, 0.1) is 0 Å². The maximum Gasteiger partial charge on any atom is 0.219 e. The molecule has 0 spiro atoms. The first-order valence-corrected chi connectivity index (χ1v) is 8.61. The molecule has 0 heterocycles. The third kappa shape index (κ3) is 9.38. The molecule has 0 atom stereocenters. The van der Waals surface area contributed by atoms with Crippen molar-refractivity contribution in [2.24, 2.45) is 0 Å². The Hall–Kier alpha value is -1.57.